The van der Waals surface area contributed by atoms with Gasteiger partial charge >= 0.3 is 0 Å². The van der Waals surface area contributed by atoms with Crippen LogP contribution in [-0.2, 0) is 17.7 Å². The number of unbranched alkanes of at least 4 members (excludes halogenated alkanes) is 1. The van der Waals surface area contributed by atoms with Crippen molar-refractivity contribution < 1.29 is 4.74 Å². The van der Waals surface area contributed by atoms with Crippen LogP contribution in [0.25, 0.3) is 0 Å². The zero-order valence-electron chi connectivity index (χ0n) is 12.7. The fourth-order valence-electron chi connectivity index (χ4n) is 1.65. The van der Waals surface area contributed by atoms with Gasteiger partial charge in [-0.3, -0.25) is 4.99 Å². The van der Waals surface area contributed by atoms with Crippen LogP contribution in [0.1, 0.15) is 36.6 Å². The van der Waals surface area contributed by atoms with E-state index in [0.717, 1.165) is 56.5 Å². The van der Waals surface area contributed by atoms with Crippen molar-refractivity contribution >= 4 is 17.3 Å². The molecule has 1 heterocycles. The van der Waals surface area contributed by atoms with Crippen LogP contribution in [0.3, 0.4) is 0 Å². The summed E-state index contributed by atoms with van der Waals surface area (Å²) in [6.45, 7) is 7.43. The molecule has 0 aromatic carbocycles. The second kappa shape index (κ2) is 10.6. The molecule has 1 aromatic rings. The van der Waals surface area contributed by atoms with Gasteiger partial charge < -0.3 is 15.4 Å². The number of aliphatic imine (C=N–C) groups is 1. The van der Waals surface area contributed by atoms with E-state index in [-0.39, 0.29) is 0 Å². The van der Waals surface area contributed by atoms with Crippen LogP contribution < -0.4 is 10.6 Å². The molecule has 20 heavy (non-hydrogen) atoms. The maximum Gasteiger partial charge on any atom is 0.191 e. The van der Waals surface area contributed by atoms with Crippen molar-refractivity contribution in [1.29, 1.82) is 0 Å². The molecule has 0 aliphatic carbocycles. The number of thiazole rings is 1. The van der Waals surface area contributed by atoms with Gasteiger partial charge in [0, 0.05) is 37.9 Å². The van der Waals surface area contributed by atoms with Crippen LogP contribution in [0.2, 0.25) is 0 Å². The number of nitrogens with one attached hydrogen (secondary N) is 2. The summed E-state index contributed by atoms with van der Waals surface area (Å²) in [7, 11) is 1.79. The molecule has 0 amide bonds. The van der Waals surface area contributed by atoms with Gasteiger partial charge in [-0.1, -0.05) is 6.92 Å². The minimum absolute atomic E-state index is 0.725. The highest BCUT2D eigenvalue weighted by atomic mass is 32.1. The van der Waals surface area contributed by atoms with E-state index in [2.05, 4.69) is 27.5 Å². The summed E-state index contributed by atoms with van der Waals surface area (Å²) >= 11 is 1.75. The SMILES string of the molecule is CCOCCCCNC(=NC)NCc1ncc(CC)s1. The fraction of sp³-hybridized carbons (Fsp3) is 0.714. The van der Waals surface area contributed by atoms with E-state index in [4.69, 9.17) is 4.74 Å². The number of aromatic nitrogens is 1. The van der Waals surface area contributed by atoms with Crippen molar-refractivity contribution in [3.8, 4) is 0 Å². The van der Waals surface area contributed by atoms with Crippen molar-refractivity contribution in [2.45, 2.75) is 39.7 Å². The number of hydrogen-bond acceptors (Lipinski definition) is 4. The normalized spacial score (nSPS) is 11.7. The zero-order chi connectivity index (χ0) is 14.6. The quantitative estimate of drug-likeness (QED) is 0.417. The lowest BCUT2D eigenvalue weighted by Crippen LogP contribution is -2.37. The van der Waals surface area contributed by atoms with Crippen LogP contribution in [-0.4, -0.2) is 37.7 Å². The topological polar surface area (TPSA) is 58.5 Å². The van der Waals surface area contributed by atoms with Crippen molar-refractivity contribution in [1.82, 2.24) is 15.6 Å². The predicted molar refractivity (Wildman–Crippen MR) is 85.4 cm³/mol. The average molecular weight is 298 g/mol. The molecular weight excluding hydrogens is 272 g/mol. The van der Waals surface area contributed by atoms with Crippen LogP contribution in [0.5, 0.6) is 0 Å². The van der Waals surface area contributed by atoms with Crippen LogP contribution in [0, 0.1) is 0 Å². The Morgan fingerprint density at radius 2 is 2.20 bits per heavy atom. The molecule has 5 nitrogen and oxygen atoms in total. The van der Waals surface area contributed by atoms with Gasteiger partial charge in [0.05, 0.1) is 6.54 Å². The van der Waals surface area contributed by atoms with Crippen LogP contribution >= 0.6 is 11.3 Å². The smallest absolute Gasteiger partial charge is 0.191 e. The first-order valence-corrected chi connectivity index (χ1v) is 8.07. The summed E-state index contributed by atoms with van der Waals surface area (Å²) < 4.78 is 5.30. The Labute approximate surface area is 125 Å². The molecule has 114 valence electrons. The van der Waals surface area contributed by atoms with Gasteiger partial charge in [-0.2, -0.15) is 0 Å². The lowest BCUT2D eigenvalue weighted by Gasteiger charge is -2.10. The highest BCUT2D eigenvalue weighted by Gasteiger charge is 2.02. The first-order valence-electron chi connectivity index (χ1n) is 7.26. The standard InChI is InChI=1S/C14H26N4OS/c1-4-12-10-17-13(20-12)11-18-14(15-3)16-8-6-7-9-19-5-2/h10H,4-9,11H2,1-3H3,(H2,15,16,18). The third kappa shape index (κ3) is 6.86. The number of guanidine groups is 1. The number of aryl methyl sites for hydroxylation is 1. The summed E-state index contributed by atoms with van der Waals surface area (Å²) in [4.78, 5) is 9.90. The summed E-state index contributed by atoms with van der Waals surface area (Å²) in [6, 6.07) is 0. The van der Waals surface area contributed by atoms with Gasteiger partial charge in [-0.05, 0) is 26.2 Å². The van der Waals surface area contributed by atoms with E-state index in [9.17, 15) is 0 Å². The van der Waals surface area contributed by atoms with E-state index < -0.39 is 0 Å². The first-order chi connectivity index (χ1) is 9.80. The molecule has 1 aromatic heterocycles. The Bertz CT molecular complexity index is 392. The Morgan fingerprint density at radius 3 is 2.85 bits per heavy atom. The zero-order valence-corrected chi connectivity index (χ0v) is 13.6. The minimum atomic E-state index is 0.725. The predicted octanol–water partition coefficient (Wildman–Crippen LogP) is 2.19. The lowest BCUT2D eigenvalue weighted by atomic mass is 10.3. The monoisotopic (exact) mass is 298 g/mol. The third-order valence-electron chi connectivity index (χ3n) is 2.79. The van der Waals surface area contributed by atoms with E-state index in [1.54, 1.807) is 18.4 Å². The first kappa shape index (κ1) is 16.9. The Hall–Kier alpha value is -1.14. The highest BCUT2D eigenvalue weighted by molar-refractivity contribution is 7.11. The number of nitrogens with zero attached hydrogens (tertiary/aromatic N) is 2. The molecule has 1 rings (SSSR count). The second-order valence-corrected chi connectivity index (χ2v) is 5.53. The summed E-state index contributed by atoms with van der Waals surface area (Å²) in [5.74, 6) is 0.828. The third-order valence-corrected chi connectivity index (χ3v) is 3.93. The van der Waals surface area contributed by atoms with E-state index in [1.165, 1.54) is 4.88 Å². The van der Waals surface area contributed by atoms with Crippen molar-refractivity contribution in [2.24, 2.45) is 4.99 Å². The maximum absolute atomic E-state index is 5.30. The number of ether oxygens (including phenoxy) is 1. The highest BCUT2D eigenvalue weighted by Crippen LogP contribution is 2.12. The molecule has 0 spiro atoms. The number of hydrogen-bond donors (Lipinski definition) is 2. The van der Waals surface area contributed by atoms with E-state index >= 15 is 0 Å². The largest absolute Gasteiger partial charge is 0.382 e. The molecule has 0 radical (unpaired) electrons. The molecule has 0 fully saturated rings. The maximum atomic E-state index is 5.30. The molecule has 0 unspecified atom stereocenters. The molecule has 0 saturated heterocycles. The van der Waals surface area contributed by atoms with Gasteiger partial charge in [0.2, 0.25) is 0 Å². The molecule has 0 saturated carbocycles. The van der Waals surface area contributed by atoms with Gasteiger partial charge in [-0.15, -0.1) is 11.3 Å². The summed E-state index contributed by atoms with van der Waals surface area (Å²) in [6.07, 6.45) is 5.15. The fourth-order valence-corrected chi connectivity index (χ4v) is 2.46. The van der Waals surface area contributed by atoms with Crippen molar-refractivity contribution in [2.75, 3.05) is 26.8 Å². The summed E-state index contributed by atoms with van der Waals surface area (Å²) in [5, 5.41) is 7.68. The molecule has 2 N–H and O–H groups in total. The van der Waals surface area contributed by atoms with Gasteiger partial charge in [-0.25, -0.2) is 4.98 Å². The van der Waals surface area contributed by atoms with Crippen LogP contribution in [0.4, 0.5) is 0 Å². The Balaban J connectivity index is 2.16. The molecule has 6 heteroatoms. The Kier molecular flexibility index (Phi) is 8.98. The second-order valence-electron chi connectivity index (χ2n) is 4.33. The molecule has 0 aliphatic heterocycles. The lowest BCUT2D eigenvalue weighted by molar-refractivity contribution is 0.143. The molecular formula is C14H26N4OS. The molecule has 0 atom stereocenters. The van der Waals surface area contributed by atoms with Crippen molar-refractivity contribution in [3.63, 3.8) is 0 Å². The van der Waals surface area contributed by atoms with E-state index in [1.807, 2.05) is 13.1 Å². The van der Waals surface area contributed by atoms with Gasteiger partial charge in [0.25, 0.3) is 0 Å². The minimum Gasteiger partial charge on any atom is -0.382 e. The van der Waals surface area contributed by atoms with Crippen LogP contribution in [0.15, 0.2) is 11.2 Å². The number of rotatable bonds is 9. The molecule has 0 aliphatic rings. The van der Waals surface area contributed by atoms with Crippen molar-refractivity contribution in [3.05, 3.63) is 16.1 Å². The average Bonchev–Trinajstić information content (AvgIpc) is 2.94. The van der Waals surface area contributed by atoms with E-state index in [0.29, 0.717) is 0 Å². The van der Waals surface area contributed by atoms with Gasteiger partial charge in [0.1, 0.15) is 5.01 Å². The van der Waals surface area contributed by atoms with Gasteiger partial charge in [0.15, 0.2) is 5.96 Å². The Morgan fingerprint density at radius 1 is 1.35 bits per heavy atom. The molecule has 0 bridgehead atoms. The summed E-state index contributed by atoms with van der Waals surface area (Å²) in [5.41, 5.74) is 0.